The summed E-state index contributed by atoms with van der Waals surface area (Å²) in [5.41, 5.74) is 10.9. The third kappa shape index (κ3) is 5.33. The van der Waals surface area contributed by atoms with Gasteiger partial charge in [-0.3, -0.25) is 9.11 Å². The molecule has 0 atom stereocenters. The molecule has 0 fully saturated rings. The largest absolute Gasteiger partial charge is 0.399 e. The summed E-state index contributed by atoms with van der Waals surface area (Å²) in [6, 6.07) is 11.2. The van der Waals surface area contributed by atoms with Crippen molar-refractivity contribution in [2.75, 3.05) is 11.5 Å². The molecule has 0 amide bonds. The van der Waals surface area contributed by atoms with Crippen molar-refractivity contribution in [1.29, 1.82) is 0 Å². The summed E-state index contributed by atoms with van der Waals surface area (Å²) in [5.74, 6) is 0. The minimum absolute atomic E-state index is 0.0509. The lowest BCUT2D eigenvalue weighted by Gasteiger charge is -1.98. The maximum absolute atomic E-state index is 10.5. The molecule has 0 aliphatic heterocycles. The van der Waals surface area contributed by atoms with Crippen molar-refractivity contribution >= 4 is 31.6 Å². The Morgan fingerprint density at radius 1 is 0.773 bits per heavy atom. The highest BCUT2D eigenvalue weighted by Gasteiger charge is 2.11. The van der Waals surface area contributed by atoms with Crippen LogP contribution in [-0.4, -0.2) is 25.9 Å². The highest BCUT2D eigenvalue weighted by atomic mass is 32.2. The van der Waals surface area contributed by atoms with Crippen LogP contribution in [0.2, 0.25) is 0 Å². The van der Waals surface area contributed by atoms with E-state index in [4.69, 9.17) is 20.6 Å². The molecular formula is C12H14N2O6S2. The lowest BCUT2D eigenvalue weighted by molar-refractivity contribution is 0.481. The molecule has 2 aromatic carbocycles. The quantitative estimate of drug-likeness (QED) is 0.463. The normalized spacial score (nSPS) is 11.4. The van der Waals surface area contributed by atoms with Crippen molar-refractivity contribution in [2.45, 2.75) is 9.79 Å². The van der Waals surface area contributed by atoms with E-state index in [-0.39, 0.29) is 15.5 Å². The van der Waals surface area contributed by atoms with Gasteiger partial charge in [0.1, 0.15) is 4.90 Å². The summed E-state index contributed by atoms with van der Waals surface area (Å²) < 4.78 is 59.1. The van der Waals surface area contributed by atoms with Gasteiger partial charge in [-0.15, -0.1) is 0 Å². The topological polar surface area (TPSA) is 161 Å². The van der Waals surface area contributed by atoms with E-state index in [9.17, 15) is 16.8 Å². The highest BCUT2D eigenvalue weighted by molar-refractivity contribution is 7.86. The van der Waals surface area contributed by atoms with Gasteiger partial charge in [0.05, 0.1) is 10.6 Å². The summed E-state index contributed by atoms with van der Waals surface area (Å²) in [6.45, 7) is 0. The van der Waals surface area contributed by atoms with Gasteiger partial charge in [0, 0.05) is 5.69 Å². The molecule has 2 rings (SSSR count). The number of rotatable bonds is 2. The second-order valence-electron chi connectivity index (χ2n) is 4.06. The van der Waals surface area contributed by atoms with Gasteiger partial charge in [-0.25, -0.2) is 0 Å². The Hall–Kier alpha value is -2.14. The Kier molecular flexibility index (Phi) is 5.49. The molecule has 0 unspecified atom stereocenters. The summed E-state index contributed by atoms with van der Waals surface area (Å²) in [6.07, 6.45) is 0. The first kappa shape index (κ1) is 17.9. The first-order chi connectivity index (χ1) is 10.0. The molecule has 6 N–H and O–H groups in total. The van der Waals surface area contributed by atoms with Crippen molar-refractivity contribution < 1.29 is 25.9 Å². The van der Waals surface area contributed by atoms with Crippen LogP contribution in [0.25, 0.3) is 0 Å². The third-order valence-electron chi connectivity index (χ3n) is 2.35. The maximum atomic E-state index is 10.5. The van der Waals surface area contributed by atoms with Gasteiger partial charge in [-0.1, -0.05) is 18.2 Å². The molecule has 2 aromatic rings. The molecule has 0 aliphatic carbocycles. The van der Waals surface area contributed by atoms with Gasteiger partial charge in [0.15, 0.2) is 0 Å². The van der Waals surface area contributed by atoms with E-state index in [1.807, 2.05) is 0 Å². The van der Waals surface area contributed by atoms with Gasteiger partial charge >= 0.3 is 0 Å². The number of nitrogen functional groups attached to an aromatic ring is 2. The zero-order chi connectivity index (χ0) is 17.0. The average molecular weight is 346 g/mol. The van der Waals surface area contributed by atoms with Crippen LogP contribution >= 0.6 is 0 Å². The minimum Gasteiger partial charge on any atom is -0.399 e. The van der Waals surface area contributed by atoms with Crippen molar-refractivity contribution in [1.82, 2.24) is 0 Å². The lowest BCUT2D eigenvalue weighted by atomic mass is 10.3. The van der Waals surface area contributed by atoms with Crippen LogP contribution < -0.4 is 11.5 Å². The van der Waals surface area contributed by atoms with Gasteiger partial charge in [-0.2, -0.15) is 16.8 Å². The molecule has 22 heavy (non-hydrogen) atoms. The fourth-order valence-corrected chi connectivity index (χ4v) is 2.54. The van der Waals surface area contributed by atoms with Crippen LogP contribution in [0.4, 0.5) is 11.4 Å². The Labute approximate surface area is 127 Å². The van der Waals surface area contributed by atoms with E-state index in [2.05, 4.69) is 0 Å². The van der Waals surface area contributed by atoms with Crippen LogP contribution in [0, 0.1) is 0 Å². The molecule has 0 aliphatic rings. The fraction of sp³-hybridized carbons (Fsp3) is 0. The van der Waals surface area contributed by atoms with Crippen LogP contribution in [0.5, 0.6) is 0 Å². The Morgan fingerprint density at radius 2 is 1.36 bits per heavy atom. The molecule has 0 saturated carbocycles. The summed E-state index contributed by atoms with van der Waals surface area (Å²) in [4.78, 5) is -0.433. The zero-order valence-electron chi connectivity index (χ0n) is 11.1. The molecule has 0 spiro atoms. The van der Waals surface area contributed by atoms with Crippen molar-refractivity contribution in [3.05, 3.63) is 48.5 Å². The summed E-state index contributed by atoms with van der Waals surface area (Å²) in [5, 5.41) is 0. The minimum atomic E-state index is -4.16. The van der Waals surface area contributed by atoms with Gasteiger partial charge < -0.3 is 11.5 Å². The standard InChI is InChI=1S/2C6H7NO3S/c7-5-2-1-3-6(4-5)11(8,9)10;7-5-3-1-2-4-6(5)11(8,9)10/h2*1-4H,7H2,(H,8,9,10). The average Bonchev–Trinajstić information content (AvgIpc) is 2.37. The van der Waals surface area contributed by atoms with E-state index in [1.54, 1.807) is 6.07 Å². The number of para-hydroxylation sites is 1. The first-order valence-electron chi connectivity index (χ1n) is 5.67. The van der Waals surface area contributed by atoms with Crippen LogP contribution in [0.1, 0.15) is 0 Å². The second-order valence-corrected chi connectivity index (χ2v) is 6.87. The number of nitrogens with two attached hydrogens (primary N) is 2. The van der Waals surface area contributed by atoms with Crippen LogP contribution in [0.3, 0.4) is 0 Å². The van der Waals surface area contributed by atoms with Gasteiger partial charge in [-0.05, 0) is 30.3 Å². The molecular weight excluding hydrogens is 332 g/mol. The summed E-state index contributed by atoms with van der Waals surface area (Å²) in [7, 11) is -8.26. The van der Waals surface area contributed by atoms with Crippen LogP contribution in [-0.2, 0) is 20.2 Å². The number of hydrogen-bond acceptors (Lipinski definition) is 6. The SMILES string of the molecule is Nc1cccc(S(=O)(=O)O)c1.Nc1ccccc1S(=O)(=O)O. The number of benzene rings is 2. The molecule has 0 saturated heterocycles. The molecule has 120 valence electrons. The highest BCUT2D eigenvalue weighted by Crippen LogP contribution is 2.15. The number of anilines is 2. The Morgan fingerprint density at radius 3 is 1.73 bits per heavy atom. The predicted octanol–water partition coefficient (Wildman–Crippen LogP) is 1.03. The smallest absolute Gasteiger partial charge is 0.296 e. The molecule has 0 heterocycles. The van der Waals surface area contributed by atoms with E-state index in [1.165, 1.54) is 42.5 Å². The molecule has 0 aromatic heterocycles. The van der Waals surface area contributed by atoms with Crippen molar-refractivity contribution in [3.8, 4) is 0 Å². The molecule has 0 radical (unpaired) electrons. The van der Waals surface area contributed by atoms with E-state index in [0.29, 0.717) is 5.69 Å². The Balaban J connectivity index is 0.000000220. The fourth-order valence-electron chi connectivity index (χ4n) is 1.39. The Bertz CT molecular complexity index is 863. The van der Waals surface area contributed by atoms with Crippen LogP contribution in [0.15, 0.2) is 58.3 Å². The van der Waals surface area contributed by atoms with Crippen molar-refractivity contribution in [2.24, 2.45) is 0 Å². The molecule has 8 nitrogen and oxygen atoms in total. The van der Waals surface area contributed by atoms with Gasteiger partial charge in [0.2, 0.25) is 0 Å². The van der Waals surface area contributed by atoms with E-state index in [0.717, 1.165) is 0 Å². The lowest BCUT2D eigenvalue weighted by Crippen LogP contribution is -2.01. The number of hydrogen-bond donors (Lipinski definition) is 4. The molecule has 10 heteroatoms. The van der Waals surface area contributed by atoms with Crippen molar-refractivity contribution in [3.63, 3.8) is 0 Å². The second kappa shape index (κ2) is 6.75. The monoisotopic (exact) mass is 346 g/mol. The van der Waals surface area contributed by atoms with Gasteiger partial charge in [0.25, 0.3) is 20.2 Å². The maximum Gasteiger partial charge on any atom is 0.296 e. The molecule has 0 bridgehead atoms. The van der Waals surface area contributed by atoms with E-state index < -0.39 is 20.2 Å². The zero-order valence-corrected chi connectivity index (χ0v) is 12.8. The van der Waals surface area contributed by atoms with E-state index >= 15 is 0 Å². The summed E-state index contributed by atoms with van der Waals surface area (Å²) >= 11 is 0. The first-order valence-corrected chi connectivity index (χ1v) is 8.55. The predicted molar refractivity (Wildman–Crippen MR) is 81.3 cm³/mol. The third-order valence-corrected chi connectivity index (χ3v) is 4.13.